The van der Waals surface area contributed by atoms with Gasteiger partial charge in [0.25, 0.3) is 0 Å². The standard InChI is InChI=1S/C15H20O2S/c1-3-5-7-11-14(10-4-2)18(16,17)15-12-8-6-9-13-15/h4,6,8-9,11-13H,2-3,5,7,10H2,1H3/b14-11-. The Labute approximate surface area is 110 Å². The van der Waals surface area contributed by atoms with Gasteiger partial charge in [-0.3, -0.25) is 0 Å². The number of hydrogen-bond donors (Lipinski definition) is 0. The van der Waals surface area contributed by atoms with Crippen LogP contribution in [0, 0.1) is 0 Å². The Balaban J connectivity index is 3.05. The number of unbranched alkanes of at least 4 members (excludes halogenated alkanes) is 2. The molecule has 1 aromatic carbocycles. The summed E-state index contributed by atoms with van der Waals surface area (Å²) in [6, 6.07) is 8.56. The van der Waals surface area contributed by atoms with Gasteiger partial charge in [-0.25, -0.2) is 8.42 Å². The first-order valence-electron chi connectivity index (χ1n) is 6.23. The van der Waals surface area contributed by atoms with Crippen molar-refractivity contribution in [2.24, 2.45) is 0 Å². The van der Waals surface area contributed by atoms with Crippen LogP contribution in [0.1, 0.15) is 32.6 Å². The van der Waals surface area contributed by atoms with E-state index in [2.05, 4.69) is 13.5 Å². The SMILES string of the molecule is C=CC/C(=C/CCCC)S(=O)(=O)c1ccccc1. The van der Waals surface area contributed by atoms with Gasteiger partial charge in [0.05, 0.1) is 4.90 Å². The van der Waals surface area contributed by atoms with Crippen LogP contribution in [-0.4, -0.2) is 8.42 Å². The first kappa shape index (κ1) is 14.7. The molecule has 0 N–H and O–H groups in total. The molecule has 0 unspecified atom stereocenters. The molecule has 0 aliphatic heterocycles. The van der Waals surface area contributed by atoms with Gasteiger partial charge in [-0.1, -0.05) is 50.1 Å². The highest BCUT2D eigenvalue weighted by Gasteiger charge is 2.18. The Hall–Kier alpha value is -1.35. The van der Waals surface area contributed by atoms with Crippen molar-refractivity contribution in [3.63, 3.8) is 0 Å². The lowest BCUT2D eigenvalue weighted by molar-refractivity contribution is 0.601. The summed E-state index contributed by atoms with van der Waals surface area (Å²) >= 11 is 0. The van der Waals surface area contributed by atoms with Crippen LogP contribution >= 0.6 is 0 Å². The van der Waals surface area contributed by atoms with Crippen molar-refractivity contribution in [2.45, 2.75) is 37.5 Å². The third-order valence-corrected chi connectivity index (χ3v) is 4.59. The quantitative estimate of drug-likeness (QED) is 0.548. The van der Waals surface area contributed by atoms with Crippen LogP contribution in [0.5, 0.6) is 0 Å². The minimum atomic E-state index is -3.35. The van der Waals surface area contributed by atoms with Crippen molar-refractivity contribution >= 4 is 9.84 Å². The van der Waals surface area contributed by atoms with Crippen LogP contribution in [0.15, 0.2) is 58.9 Å². The topological polar surface area (TPSA) is 34.1 Å². The molecule has 0 atom stereocenters. The zero-order chi connectivity index (χ0) is 13.4. The average molecular weight is 264 g/mol. The zero-order valence-electron chi connectivity index (χ0n) is 10.8. The van der Waals surface area contributed by atoms with Crippen molar-refractivity contribution in [3.8, 4) is 0 Å². The summed E-state index contributed by atoms with van der Waals surface area (Å²) < 4.78 is 24.8. The minimum Gasteiger partial charge on any atom is -0.219 e. The molecule has 1 rings (SSSR count). The average Bonchev–Trinajstić information content (AvgIpc) is 2.39. The molecule has 0 aliphatic carbocycles. The van der Waals surface area contributed by atoms with Gasteiger partial charge in [-0.15, -0.1) is 6.58 Å². The van der Waals surface area contributed by atoms with Gasteiger partial charge in [0.2, 0.25) is 9.84 Å². The summed E-state index contributed by atoms with van der Waals surface area (Å²) in [5.74, 6) is 0. The Kier molecular flexibility index (Phi) is 5.86. The lowest BCUT2D eigenvalue weighted by atomic mass is 10.2. The summed E-state index contributed by atoms with van der Waals surface area (Å²) in [4.78, 5) is 0.812. The second-order valence-corrected chi connectivity index (χ2v) is 6.12. The molecule has 0 saturated heterocycles. The maximum atomic E-state index is 12.4. The van der Waals surface area contributed by atoms with E-state index in [1.54, 1.807) is 30.3 Å². The smallest absolute Gasteiger partial charge is 0.202 e. The predicted octanol–water partition coefficient (Wildman–Crippen LogP) is 4.11. The van der Waals surface area contributed by atoms with Gasteiger partial charge in [0, 0.05) is 11.3 Å². The van der Waals surface area contributed by atoms with Gasteiger partial charge in [-0.05, 0) is 18.6 Å². The Morgan fingerprint density at radius 1 is 1.28 bits per heavy atom. The Morgan fingerprint density at radius 2 is 1.94 bits per heavy atom. The molecule has 0 aromatic heterocycles. The molecule has 0 bridgehead atoms. The van der Waals surface area contributed by atoms with Crippen LogP contribution in [0.4, 0.5) is 0 Å². The monoisotopic (exact) mass is 264 g/mol. The first-order chi connectivity index (χ1) is 8.62. The lowest BCUT2D eigenvalue weighted by Gasteiger charge is -2.07. The number of hydrogen-bond acceptors (Lipinski definition) is 2. The second kappa shape index (κ2) is 7.17. The second-order valence-electron chi connectivity index (χ2n) is 4.12. The maximum Gasteiger partial charge on any atom is 0.202 e. The Bertz CT molecular complexity index is 499. The van der Waals surface area contributed by atoms with E-state index < -0.39 is 9.84 Å². The van der Waals surface area contributed by atoms with Crippen molar-refractivity contribution in [1.82, 2.24) is 0 Å². The van der Waals surface area contributed by atoms with Crippen LogP contribution in [0.3, 0.4) is 0 Å². The molecule has 1 aromatic rings. The van der Waals surface area contributed by atoms with E-state index in [9.17, 15) is 8.42 Å². The fourth-order valence-corrected chi connectivity index (χ4v) is 3.16. The summed E-state index contributed by atoms with van der Waals surface area (Å²) in [7, 11) is -3.35. The van der Waals surface area contributed by atoms with Crippen LogP contribution < -0.4 is 0 Å². The van der Waals surface area contributed by atoms with Crippen LogP contribution in [-0.2, 0) is 9.84 Å². The van der Waals surface area contributed by atoms with E-state index in [1.807, 2.05) is 12.1 Å². The number of benzene rings is 1. The zero-order valence-corrected chi connectivity index (χ0v) is 11.6. The molecule has 2 nitrogen and oxygen atoms in total. The molecule has 98 valence electrons. The van der Waals surface area contributed by atoms with Gasteiger partial charge >= 0.3 is 0 Å². The number of sulfone groups is 1. The van der Waals surface area contributed by atoms with Crippen LogP contribution in [0.25, 0.3) is 0 Å². The van der Waals surface area contributed by atoms with Crippen molar-refractivity contribution in [1.29, 1.82) is 0 Å². The third-order valence-electron chi connectivity index (χ3n) is 2.67. The lowest BCUT2D eigenvalue weighted by Crippen LogP contribution is -2.04. The molecule has 0 amide bonds. The highest BCUT2D eigenvalue weighted by molar-refractivity contribution is 7.95. The van der Waals surface area contributed by atoms with Crippen molar-refractivity contribution in [2.75, 3.05) is 0 Å². The summed E-state index contributed by atoms with van der Waals surface area (Å²) in [5, 5.41) is 0. The highest BCUT2D eigenvalue weighted by Crippen LogP contribution is 2.22. The number of allylic oxidation sites excluding steroid dienone is 3. The van der Waals surface area contributed by atoms with Gasteiger partial charge in [0.1, 0.15) is 0 Å². The van der Waals surface area contributed by atoms with E-state index >= 15 is 0 Å². The third kappa shape index (κ3) is 3.84. The maximum absolute atomic E-state index is 12.4. The molecule has 0 spiro atoms. The molecular weight excluding hydrogens is 244 g/mol. The summed E-state index contributed by atoms with van der Waals surface area (Å²) in [5.41, 5.74) is 0. The van der Waals surface area contributed by atoms with Crippen molar-refractivity contribution in [3.05, 3.63) is 54.0 Å². The molecule has 0 aliphatic rings. The van der Waals surface area contributed by atoms with E-state index in [-0.39, 0.29) is 0 Å². The van der Waals surface area contributed by atoms with E-state index in [1.165, 1.54) is 0 Å². The molecule has 3 heteroatoms. The molecule has 0 radical (unpaired) electrons. The Morgan fingerprint density at radius 3 is 2.50 bits per heavy atom. The van der Waals surface area contributed by atoms with Crippen molar-refractivity contribution < 1.29 is 8.42 Å². The normalized spacial score (nSPS) is 12.4. The number of rotatable bonds is 7. The highest BCUT2D eigenvalue weighted by atomic mass is 32.2. The van der Waals surface area contributed by atoms with Gasteiger partial charge in [-0.2, -0.15) is 0 Å². The predicted molar refractivity (Wildman–Crippen MR) is 76.0 cm³/mol. The molecule has 0 heterocycles. The van der Waals surface area contributed by atoms with Gasteiger partial charge < -0.3 is 0 Å². The molecule has 0 saturated carbocycles. The van der Waals surface area contributed by atoms with E-state index in [4.69, 9.17) is 0 Å². The summed E-state index contributed by atoms with van der Waals surface area (Å²) in [6.07, 6.45) is 6.71. The molecule has 0 fully saturated rings. The first-order valence-corrected chi connectivity index (χ1v) is 7.71. The fourth-order valence-electron chi connectivity index (χ4n) is 1.66. The fraction of sp³-hybridized carbons (Fsp3) is 0.333. The molecular formula is C15H20O2S. The van der Waals surface area contributed by atoms with Crippen LogP contribution in [0.2, 0.25) is 0 Å². The van der Waals surface area contributed by atoms with Gasteiger partial charge in [0.15, 0.2) is 0 Å². The van der Waals surface area contributed by atoms with E-state index in [0.717, 1.165) is 19.3 Å². The largest absolute Gasteiger partial charge is 0.219 e. The molecule has 18 heavy (non-hydrogen) atoms. The van der Waals surface area contributed by atoms with E-state index in [0.29, 0.717) is 16.2 Å². The minimum absolute atomic E-state index is 0.356. The summed E-state index contributed by atoms with van der Waals surface area (Å²) in [6.45, 7) is 5.72.